The van der Waals surface area contributed by atoms with Gasteiger partial charge in [0.15, 0.2) is 0 Å². The Morgan fingerprint density at radius 2 is 1.70 bits per heavy atom. The third kappa shape index (κ3) is 2.34. The van der Waals surface area contributed by atoms with E-state index in [9.17, 15) is 4.79 Å². The molecule has 4 heteroatoms. The van der Waals surface area contributed by atoms with E-state index in [1.807, 2.05) is 54.6 Å². The molecular weight excluding hydrogens is 286 g/mol. The predicted molar refractivity (Wildman–Crippen MR) is 93.5 cm³/mol. The molecule has 2 heterocycles. The second-order valence-corrected chi connectivity index (χ2v) is 5.61. The summed E-state index contributed by atoms with van der Waals surface area (Å²) in [6, 6.07) is 17.5. The van der Waals surface area contributed by atoms with Gasteiger partial charge in [-0.1, -0.05) is 30.3 Å². The van der Waals surface area contributed by atoms with Crippen molar-refractivity contribution < 1.29 is 0 Å². The molecule has 0 fully saturated rings. The molecule has 0 bridgehead atoms. The maximum atomic E-state index is 12.2. The van der Waals surface area contributed by atoms with Gasteiger partial charge in [-0.2, -0.15) is 0 Å². The minimum Gasteiger partial charge on any atom is -0.399 e. The second-order valence-electron chi connectivity index (χ2n) is 5.61. The quantitative estimate of drug-likeness (QED) is 0.441. The summed E-state index contributed by atoms with van der Waals surface area (Å²) >= 11 is 0. The first-order valence-electron chi connectivity index (χ1n) is 7.45. The standard InChI is InChI=1S/C19H15N3O/c20-14-7-5-12(6-8-14)11-13-9-10-21-18-17(13)15-3-1-2-4-16(15)19(23)22-18/h1-10H,11,20H2,(H,21,22,23). The normalized spacial score (nSPS) is 11.1. The molecule has 0 unspecified atom stereocenters. The number of hydrogen-bond donors (Lipinski definition) is 2. The van der Waals surface area contributed by atoms with Crippen LogP contribution in [0.2, 0.25) is 0 Å². The van der Waals surface area contributed by atoms with Gasteiger partial charge in [-0.15, -0.1) is 0 Å². The molecule has 4 aromatic rings. The van der Waals surface area contributed by atoms with E-state index in [-0.39, 0.29) is 5.56 Å². The number of rotatable bonds is 2. The van der Waals surface area contributed by atoms with Crippen LogP contribution < -0.4 is 11.3 Å². The number of hydrogen-bond acceptors (Lipinski definition) is 3. The fourth-order valence-corrected chi connectivity index (χ4v) is 2.97. The molecule has 23 heavy (non-hydrogen) atoms. The molecule has 0 saturated carbocycles. The number of pyridine rings is 2. The monoisotopic (exact) mass is 301 g/mol. The number of fused-ring (bicyclic) bond motifs is 3. The van der Waals surface area contributed by atoms with Crippen LogP contribution in [0.15, 0.2) is 65.6 Å². The van der Waals surface area contributed by atoms with Gasteiger partial charge in [0.1, 0.15) is 5.65 Å². The molecule has 3 N–H and O–H groups in total. The molecule has 0 saturated heterocycles. The third-order valence-corrected chi connectivity index (χ3v) is 4.08. The van der Waals surface area contributed by atoms with Crippen LogP contribution in [-0.4, -0.2) is 9.97 Å². The zero-order valence-corrected chi connectivity index (χ0v) is 12.4. The molecule has 0 amide bonds. The molecule has 4 rings (SSSR count). The van der Waals surface area contributed by atoms with Crippen molar-refractivity contribution in [3.05, 3.63) is 82.3 Å². The van der Waals surface area contributed by atoms with E-state index in [1.54, 1.807) is 6.20 Å². The summed E-state index contributed by atoms with van der Waals surface area (Å²) in [6.45, 7) is 0. The van der Waals surface area contributed by atoms with Crippen molar-refractivity contribution in [2.45, 2.75) is 6.42 Å². The highest BCUT2D eigenvalue weighted by Crippen LogP contribution is 2.25. The maximum absolute atomic E-state index is 12.2. The van der Waals surface area contributed by atoms with Gasteiger partial charge in [0.25, 0.3) is 5.56 Å². The molecule has 0 spiro atoms. The summed E-state index contributed by atoms with van der Waals surface area (Å²) < 4.78 is 0. The molecule has 0 radical (unpaired) electrons. The van der Waals surface area contributed by atoms with Crippen molar-refractivity contribution >= 4 is 27.5 Å². The second kappa shape index (κ2) is 5.25. The van der Waals surface area contributed by atoms with Gasteiger partial charge in [0.05, 0.1) is 0 Å². The van der Waals surface area contributed by atoms with Crippen LogP contribution in [0.4, 0.5) is 5.69 Å². The minimum atomic E-state index is -0.106. The van der Waals surface area contributed by atoms with Gasteiger partial charge < -0.3 is 10.7 Å². The number of nitrogen functional groups attached to an aromatic ring is 1. The molecule has 0 aliphatic rings. The molecule has 2 aromatic heterocycles. The Hall–Kier alpha value is -3.14. The highest BCUT2D eigenvalue weighted by molar-refractivity contribution is 6.05. The van der Waals surface area contributed by atoms with Crippen LogP contribution in [0.5, 0.6) is 0 Å². The first-order valence-corrected chi connectivity index (χ1v) is 7.45. The van der Waals surface area contributed by atoms with Gasteiger partial charge in [-0.3, -0.25) is 4.79 Å². The summed E-state index contributed by atoms with van der Waals surface area (Å²) in [5, 5.41) is 2.62. The zero-order chi connectivity index (χ0) is 15.8. The average molecular weight is 301 g/mol. The molecular formula is C19H15N3O. The van der Waals surface area contributed by atoms with E-state index in [4.69, 9.17) is 5.73 Å². The Kier molecular flexibility index (Phi) is 3.08. The summed E-state index contributed by atoms with van der Waals surface area (Å²) in [7, 11) is 0. The van der Waals surface area contributed by atoms with Crippen molar-refractivity contribution in [3.8, 4) is 0 Å². The number of nitrogens with zero attached hydrogens (tertiary/aromatic N) is 1. The third-order valence-electron chi connectivity index (χ3n) is 4.08. The highest BCUT2D eigenvalue weighted by Gasteiger charge is 2.10. The molecule has 112 valence electrons. The van der Waals surface area contributed by atoms with Gasteiger partial charge in [-0.25, -0.2) is 4.98 Å². The predicted octanol–water partition coefficient (Wildman–Crippen LogP) is 3.25. The van der Waals surface area contributed by atoms with Gasteiger partial charge in [0, 0.05) is 22.7 Å². The molecule has 4 nitrogen and oxygen atoms in total. The molecule has 2 aromatic carbocycles. The van der Waals surface area contributed by atoms with Crippen molar-refractivity contribution in [3.63, 3.8) is 0 Å². The number of benzene rings is 2. The van der Waals surface area contributed by atoms with Crippen LogP contribution in [0.3, 0.4) is 0 Å². The van der Waals surface area contributed by atoms with Gasteiger partial charge in [0.2, 0.25) is 0 Å². The number of nitrogens with one attached hydrogen (secondary N) is 1. The fraction of sp³-hybridized carbons (Fsp3) is 0.0526. The van der Waals surface area contributed by atoms with E-state index < -0.39 is 0 Å². The minimum absolute atomic E-state index is 0.106. The Morgan fingerprint density at radius 3 is 2.48 bits per heavy atom. The number of aromatic nitrogens is 2. The lowest BCUT2D eigenvalue weighted by Gasteiger charge is -2.09. The van der Waals surface area contributed by atoms with Crippen LogP contribution in [0.25, 0.3) is 21.8 Å². The Labute approximate surface area is 132 Å². The van der Waals surface area contributed by atoms with Crippen LogP contribution in [-0.2, 0) is 6.42 Å². The molecule has 0 aliphatic carbocycles. The van der Waals surface area contributed by atoms with Gasteiger partial charge in [-0.05, 0) is 47.2 Å². The van der Waals surface area contributed by atoms with E-state index in [0.717, 1.165) is 28.4 Å². The number of nitrogens with two attached hydrogens (primary N) is 1. The van der Waals surface area contributed by atoms with Crippen molar-refractivity contribution in [2.75, 3.05) is 5.73 Å². The summed E-state index contributed by atoms with van der Waals surface area (Å²) in [5.74, 6) is 0. The zero-order valence-electron chi connectivity index (χ0n) is 12.4. The first kappa shape index (κ1) is 13.5. The van der Waals surface area contributed by atoms with Crippen molar-refractivity contribution in [1.82, 2.24) is 9.97 Å². The lowest BCUT2D eigenvalue weighted by molar-refractivity contribution is 1.18. The number of aromatic amines is 1. The van der Waals surface area contributed by atoms with Gasteiger partial charge >= 0.3 is 0 Å². The SMILES string of the molecule is Nc1ccc(Cc2ccnc3[nH]c(=O)c4ccccc4c23)cc1. The van der Waals surface area contributed by atoms with Crippen LogP contribution in [0, 0.1) is 0 Å². The van der Waals surface area contributed by atoms with Crippen molar-refractivity contribution in [1.29, 1.82) is 0 Å². The highest BCUT2D eigenvalue weighted by atomic mass is 16.1. The lowest BCUT2D eigenvalue weighted by Crippen LogP contribution is -2.08. The number of anilines is 1. The molecule has 0 aliphatic heterocycles. The van der Waals surface area contributed by atoms with E-state index in [1.165, 1.54) is 5.56 Å². The first-order chi connectivity index (χ1) is 11.2. The van der Waals surface area contributed by atoms with Crippen LogP contribution >= 0.6 is 0 Å². The Morgan fingerprint density at radius 1 is 0.957 bits per heavy atom. The topological polar surface area (TPSA) is 71.8 Å². The smallest absolute Gasteiger partial charge is 0.257 e. The van der Waals surface area contributed by atoms with Crippen molar-refractivity contribution in [2.24, 2.45) is 0 Å². The van der Waals surface area contributed by atoms with E-state index >= 15 is 0 Å². The Balaban J connectivity index is 1.98. The van der Waals surface area contributed by atoms with E-state index in [2.05, 4.69) is 9.97 Å². The number of H-pyrrole nitrogens is 1. The maximum Gasteiger partial charge on any atom is 0.257 e. The van der Waals surface area contributed by atoms with Crippen LogP contribution in [0.1, 0.15) is 11.1 Å². The lowest BCUT2D eigenvalue weighted by atomic mass is 9.99. The average Bonchev–Trinajstić information content (AvgIpc) is 2.57. The Bertz CT molecular complexity index is 1070. The fourth-order valence-electron chi connectivity index (χ4n) is 2.97. The summed E-state index contributed by atoms with van der Waals surface area (Å²) in [6.07, 6.45) is 2.50. The largest absolute Gasteiger partial charge is 0.399 e. The van der Waals surface area contributed by atoms with E-state index in [0.29, 0.717) is 11.0 Å². The summed E-state index contributed by atoms with van der Waals surface area (Å²) in [5.41, 5.74) is 9.33. The summed E-state index contributed by atoms with van der Waals surface area (Å²) in [4.78, 5) is 19.4. The molecule has 0 atom stereocenters.